The predicted molar refractivity (Wildman–Crippen MR) is 71.1 cm³/mol. The van der Waals surface area contributed by atoms with Crippen LogP contribution < -0.4 is 0 Å². The van der Waals surface area contributed by atoms with Gasteiger partial charge in [-0.3, -0.25) is 0 Å². The second-order valence-corrected chi connectivity index (χ2v) is 5.19. The Morgan fingerprint density at radius 2 is 2.25 bits per heavy atom. The molecular formula is C14H24N2. The standard InChI is InChI=1S/C14H24N2/c1-11(2)7-13(4)14-5-6-16(10-14)9-12(3)8-15/h7-8,12,14-15H,4-6,9-10H2,1-3H3. The summed E-state index contributed by atoms with van der Waals surface area (Å²) in [5.41, 5.74) is 2.60. The van der Waals surface area contributed by atoms with Crippen molar-refractivity contribution in [1.82, 2.24) is 4.90 Å². The number of rotatable bonds is 5. The van der Waals surface area contributed by atoms with Crippen molar-refractivity contribution in [2.24, 2.45) is 11.8 Å². The molecule has 1 saturated heterocycles. The molecule has 90 valence electrons. The van der Waals surface area contributed by atoms with E-state index in [-0.39, 0.29) is 0 Å². The van der Waals surface area contributed by atoms with Gasteiger partial charge in [0.1, 0.15) is 0 Å². The SMILES string of the molecule is C=C(C=C(C)C)C1CCN(CC(C)C=N)C1. The van der Waals surface area contributed by atoms with E-state index in [1.807, 2.05) is 0 Å². The van der Waals surface area contributed by atoms with Crippen LogP contribution in [-0.2, 0) is 0 Å². The Morgan fingerprint density at radius 1 is 1.56 bits per heavy atom. The predicted octanol–water partition coefficient (Wildman–Crippen LogP) is 3.12. The molecule has 1 fully saturated rings. The fourth-order valence-electron chi connectivity index (χ4n) is 2.25. The minimum Gasteiger partial charge on any atom is -0.313 e. The highest BCUT2D eigenvalue weighted by atomic mass is 15.1. The molecule has 1 N–H and O–H groups in total. The van der Waals surface area contributed by atoms with E-state index in [1.165, 1.54) is 23.8 Å². The quantitative estimate of drug-likeness (QED) is 0.559. The Kier molecular flexibility index (Phi) is 4.94. The van der Waals surface area contributed by atoms with Crippen LogP contribution in [0.3, 0.4) is 0 Å². The molecule has 2 atom stereocenters. The van der Waals surface area contributed by atoms with Gasteiger partial charge in [-0.15, -0.1) is 0 Å². The summed E-state index contributed by atoms with van der Waals surface area (Å²) in [5.74, 6) is 0.989. The maximum atomic E-state index is 7.22. The average Bonchev–Trinajstić information content (AvgIpc) is 2.65. The molecule has 0 amide bonds. The fourth-order valence-corrected chi connectivity index (χ4v) is 2.25. The zero-order valence-corrected chi connectivity index (χ0v) is 10.8. The lowest BCUT2D eigenvalue weighted by molar-refractivity contribution is 0.312. The highest BCUT2D eigenvalue weighted by molar-refractivity contribution is 5.56. The largest absolute Gasteiger partial charge is 0.313 e. The van der Waals surface area contributed by atoms with E-state index in [4.69, 9.17) is 5.41 Å². The molecule has 0 aromatic carbocycles. The smallest absolute Gasteiger partial charge is 0.00567 e. The van der Waals surface area contributed by atoms with Crippen molar-refractivity contribution in [1.29, 1.82) is 5.41 Å². The summed E-state index contributed by atoms with van der Waals surface area (Å²) in [4.78, 5) is 2.45. The van der Waals surface area contributed by atoms with Crippen molar-refractivity contribution in [3.63, 3.8) is 0 Å². The maximum absolute atomic E-state index is 7.22. The summed E-state index contributed by atoms with van der Waals surface area (Å²) in [6.45, 7) is 13.8. The molecule has 0 aliphatic carbocycles. The molecule has 0 aromatic rings. The Labute approximate surface area is 99.5 Å². The second kappa shape index (κ2) is 6.00. The lowest BCUT2D eigenvalue weighted by Gasteiger charge is -2.18. The van der Waals surface area contributed by atoms with Crippen LogP contribution in [0.1, 0.15) is 27.2 Å². The van der Waals surface area contributed by atoms with E-state index >= 15 is 0 Å². The zero-order valence-electron chi connectivity index (χ0n) is 10.8. The third kappa shape index (κ3) is 3.93. The normalized spacial score (nSPS) is 22.8. The summed E-state index contributed by atoms with van der Waals surface area (Å²) in [6.07, 6.45) is 4.96. The number of allylic oxidation sites excluding steroid dienone is 2. The van der Waals surface area contributed by atoms with Gasteiger partial charge in [0.25, 0.3) is 0 Å². The first-order valence-corrected chi connectivity index (χ1v) is 6.09. The van der Waals surface area contributed by atoms with E-state index in [0.717, 1.165) is 19.6 Å². The van der Waals surface area contributed by atoms with Gasteiger partial charge in [0.15, 0.2) is 0 Å². The molecule has 2 nitrogen and oxygen atoms in total. The summed E-state index contributed by atoms with van der Waals surface area (Å²) in [5, 5.41) is 7.22. The van der Waals surface area contributed by atoms with Gasteiger partial charge in [0, 0.05) is 19.0 Å². The van der Waals surface area contributed by atoms with Gasteiger partial charge in [-0.2, -0.15) is 0 Å². The van der Waals surface area contributed by atoms with Crippen molar-refractivity contribution < 1.29 is 0 Å². The molecule has 1 heterocycles. The topological polar surface area (TPSA) is 27.1 Å². The van der Waals surface area contributed by atoms with Crippen LogP contribution in [0.15, 0.2) is 23.8 Å². The molecular weight excluding hydrogens is 196 g/mol. The number of nitrogens with zero attached hydrogens (tertiary/aromatic N) is 1. The average molecular weight is 220 g/mol. The van der Waals surface area contributed by atoms with E-state index in [9.17, 15) is 0 Å². The maximum Gasteiger partial charge on any atom is 0.00567 e. The molecule has 0 bridgehead atoms. The van der Waals surface area contributed by atoms with Crippen LogP contribution in [0.25, 0.3) is 0 Å². The lowest BCUT2D eigenvalue weighted by atomic mass is 9.98. The highest BCUT2D eigenvalue weighted by Gasteiger charge is 2.24. The van der Waals surface area contributed by atoms with Crippen LogP contribution in [0.4, 0.5) is 0 Å². The van der Waals surface area contributed by atoms with E-state index < -0.39 is 0 Å². The van der Waals surface area contributed by atoms with E-state index in [2.05, 4.69) is 38.3 Å². The third-order valence-corrected chi connectivity index (χ3v) is 3.10. The highest BCUT2D eigenvalue weighted by Crippen LogP contribution is 2.24. The summed E-state index contributed by atoms with van der Waals surface area (Å²) < 4.78 is 0. The molecule has 1 aliphatic rings. The monoisotopic (exact) mass is 220 g/mol. The molecule has 2 unspecified atom stereocenters. The molecule has 0 radical (unpaired) electrons. The van der Waals surface area contributed by atoms with Crippen molar-refractivity contribution in [2.75, 3.05) is 19.6 Å². The summed E-state index contributed by atoms with van der Waals surface area (Å²) >= 11 is 0. The van der Waals surface area contributed by atoms with Crippen LogP contribution >= 0.6 is 0 Å². The van der Waals surface area contributed by atoms with Gasteiger partial charge in [-0.05, 0) is 38.9 Å². The van der Waals surface area contributed by atoms with Gasteiger partial charge in [0.2, 0.25) is 0 Å². The van der Waals surface area contributed by atoms with Crippen LogP contribution in [0.5, 0.6) is 0 Å². The molecule has 1 aliphatic heterocycles. The summed E-state index contributed by atoms with van der Waals surface area (Å²) in [7, 11) is 0. The van der Waals surface area contributed by atoms with Crippen LogP contribution in [-0.4, -0.2) is 30.7 Å². The summed E-state index contributed by atoms with van der Waals surface area (Å²) in [6, 6.07) is 0. The third-order valence-electron chi connectivity index (χ3n) is 3.10. The molecule has 1 rings (SSSR count). The first-order chi connectivity index (χ1) is 7.52. The molecule has 0 aromatic heterocycles. The number of hydrogen-bond acceptors (Lipinski definition) is 2. The molecule has 2 heteroatoms. The minimum atomic E-state index is 0.371. The Bertz CT molecular complexity index is 287. The van der Waals surface area contributed by atoms with Crippen LogP contribution in [0.2, 0.25) is 0 Å². The van der Waals surface area contributed by atoms with Crippen molar-refractivity contribution in [3.05, 3.63) is 23.8 Å². The Balaban J connectivity index is 2.43. The lowest BCUT2D eigenvalue weighted by Crippen LogP contribution is -2.27. The number of hydrogen-bond donors (Lipinski definition) is 1. The van der Waals surface area contributed by atoms with Crippen molar-refractivity contribution >= 4 is 6.21 Å². The number of likely N-dealkylation sites (tertiary alicyclic amines) is 1. The zero-order chi connectivity index (χ0) is 12.1. The second-order valence-electron chi connectivity index (χ2n) is 5.19. The van der Waals surface area contributed by atoms with Gasteiger partial charge in [0.05, 0.1) is 0 Å². The number of nitrogens with one attached hydrogen (secondary N) is 1. The molecule has 0 saturated carbocycles. The van der Waals surface area contributed by atoms with Gasteiger partial charge in [-0.25, -0.2) is 0 Å². The van der Waals surface area contributed by atoms with Gasteiger partial charge >= 0.3 is 0 Å². The Morgan fingerprint density at radius 3 is 2.81 bits per heavy atom. The molecule has 0 spiro atoms. The van der Waals surface area contributed by atoms with Crippen molar-refractivity contribution in [2.45, 2.75) is 27.2 Å². The first kappa shape index (κ1) is 13.2. The van der Waals surface area contributed by atoms with E-state index in [0.29, 0.717) is 11.8 Å². The minimum absolute atomic E-state index is 0.371. The fraction of sp³-hybridized carbons (Fsp3) is 0.643. The first-order valence-electron chi connectivity index (χ1n) is 6.09. The van der Waals surface area contributed by atoms with Gasteiger partial charge in [-0.1, -0.05) is 30.7 Å². The van der Waals surface area contributed by atoms with Crippen LogP contribution in [0, 0.1) is 17.2 Å². The Hall–Kier alpha value is -0.890. The van der Waals surface area contributed by atoms with E-state index in [1.54, 1.807) is 0 Å². The molecule has 16 heavy (non-hydrogen) atoms. The van der Waals surface area contributed by atoms with Gasteiger partial charge < -0.3 is 10.3 Å². The van der Waals surface area contributed by atoms with Crippen molar-refractivity contribution in [3.8, 4) is 0 Å².